The van der Waals surface area contributed by atoms with E-state index in [1.807, 2.05) is 23.1 Å². The fourth-order valence-electron chi connectivity index (χ4n) is 9.85. The lowest BCUT2D eigenvalue weighted by atomic mass is 9.35. The van der Waals surface area contributed by atoms with Crippen molar-refractivity contribution in [3.63, 3.8) is 0 Å². The number of para-hydroxylation sites is 3. The molecular formula is C50H31BN2OS2. The van der Waals surface area contributed by atoms with E-state index in [9.17, 15) is 0 Å². The Labute approximate surface area is 331 Å². The predicted octanol–water partition coefficient (Wildman–Crippen LogP) is 12.0. The largest absolute Gasteiger partial charge is 0.458 e. The Morgan fingerprint density at radius 1 is 0.500 bits per heavy atom. The second-order valence-corrected chi connectivity index (χ2v) is 17.5. The van der Waals surface area contributed by atoms with Crippen molar-refractivity contribution >= 4 is 110 Å². The second kappa shape index (κ2) is 11.2. The third-order valence-electron chi connectivity index (χ3n) is 12.1. The molecule has 0 N–H and O–H groups in total. The van der Waals surface area contributed by atoms with Gasteiger partial charge in [-0.25, -0.2) is 0 Å². The highest BCUT2D eigenvalue weighted by Gasteiger charge is 2.40. The van der Waals surface area contributed by atoms with Crippen LogP contribution in [0.2, 0.25) is 0 Å². The lowest BCUT2D eigenvalue weighted by Crippen LogP contribution is -2.57. The van der Waals surface area contributed by atoms with E-state index in [1.165, 1.54) is 101 Å². The summed E-state index contributed by atoms with van der Waals surface area (Å²) in [4.78, 5) is 2.57. The highest BCUT2D eigenvalue weighted by molar-refractivity contribution is 8.00. The minimum Gasteiger partial charge on any atom is -0.458 e. The Morgan fingerprint density at radius 3 is 1.91 bits per heavy atom. The van der Waals surface area contributed by atoms with Gasteiger partial charge in [0.05, 0.1) is 27.8 Å². The first-order valence-electron chi connectivity index (χ1n) is 19.2. The summed E-state index contributed by atoms with van der Waals surface area (Å²) in [6, 6.07) is 56.2. The lowest BCUT2D eigenvalue weighted by Gasteiger charge is -2.33. The lowest BCUT2D eigenvalue weighted by molar-refractivity contribution is 0.486. The summed E-state index contributed by atoms with van der Waals surface area (Å²) in [6.07, 6.45) is 0. The van der Waals surface area contributed by atoms with Crippen molar-refractivity contribution in [3.8, 4) is 22.9 Å². The molecule has 0 atom stereocenters. The van der Waals surface area contributed by atoms with Gasteiger partial charge < -0.3 is 13.9 Å². The molecule has 13 rings (SSSR count). The standard InChI is InChI=1S/C50H31BN2OS2/c1-28-20-22-39-35(24-28)51-36-25-29(2)21-23-42(36)55-43-27-31(26-40(54-39)47(43)51)53-38-18-10-7-15-33(38)45-48(53)44-32-14-6-9-17-37(32)52(30-12-4-3-5-13-30)49(44)46-34-16-8-11-19-41(34)56-50(45)46/h3-27H,1-2H3. The summed E-state index contributed by atoms with van der Waals surface area (Å²) < 4.78 is 14.7. The number of aryl methyl sites for hydroxylation is 2. The maximum absolute atomic E-state index is 6.99. The SMILES string of the molecule is Cc1ccc2c(c1)B1c3cc(C)ccc3Sc3cc(-n4c5ccccc5c5c6sc7ccccc7c6c6c(c7ccccc7n6-c6ccccc6)c54)cc(c31)O2. The molecule has 0 aliphatic carbocycles. The van der Waals surface area contributed by atoms with Crippen LogP contribution in [0, 0.1) is 13.8 Å². The molecule has 0 amide bonds. The van der Waals surface area contributed by atoms with Gasteiger partial charge in [0, 0.05) is 63.3 Å². The fourth-order valence-corrected chi connectivity index (χ4v) is 12.3. The number of rotatable bonds is 2. The van der Waals surface area contributed by atoms with E-state index in [0.29, 0.717) is 0 Å². The molecule has 0 bridgehead atoms. The summed E-state index contributed by atoms with van der Waals surface area (Å²) in [7, 11) is 0. The third-order valence-corrected chi connectivity index (χ3v) is 14.4. The van der Waals surface area contributed by atoms with E-state index in [4.69, 9.17) is 4.74 Å². The number of benzene rings is 8. The van der Waals surface area contributed by atoms with Crippen molar-refractivity contribution in [2.45, 2.75) is 23.6 Å². The fraction of sp³-hybridized carbons (Fsp3) is 0.0400. The van der Waals surface area contributed by atoms with Crippen molar-refractivity contribution in [2.75, 3.05) is 0 Å². The molecule has 0 spiro atoms. The van der Waals surface area contributed by atoms with E-state index in [2.05, 4.69) is 175 Å². The van der Waals surface area contributed by atoms with Crippen molar-refractivity contribution < 1.29 is 4.74 Å². The van der Waals surface area contributed by atoms with Gasteiger partial charge in [-0.05, 0) is 73.3 Å². The molecule has 2 aliphatic rings. The van der Waals surface area contributed by atoms with Crippen molar-refractivity contribution in [1.29, 1.82) is 0 Å². The first-order chi connectivity index (χ1) is 27.6. The molecule has 2 aliphatic heterocycles. The van der Waals surface area contributed by atoms with E-state index in [0.717, 1.165) is 22.9 Å². The van der Waals surface area contributed by atoms with Crippen LogP contribution in [0.25, 0.3) is 75.2 Å². The summed E-state index contributed by atoms with van der Waals surface area (Å²) in [6.45, 7) is 4.49. The molecular weight excluding hydrogens is 720 g/mol. The predicted molar refractivity (Wildman–Crippen MR) is 239 cm³/mol. The molecule has 0 unspecified atom stereocenters. The van der Waals surface area contributed by atoms with Crippen molar-refractivity contribution in [1.82, 2.24) is 9.13 Å². The molecule has 56 heavy (non-hydrogen) atoms. The normalized spacial score (nSPS) is 13.2. The highest BCUT2D eigenvalue weighted by atomic mass is 32.2. The molecule has 0 saturated heterocycles. The van der Waals surface area contributed by atoms with Gasteiger partial charge in [-0.15, -0.1) is 11.3 Å². The van der Waals surface area contributed by atoms with Crippen LogP contribution in [0.3, 0.4) is 0 Å². The average Bonchev–Trinajstić information content (AvgIpc) is 3.89. The van der Waals surface area contributed by atoms with Gasteiger partial charge in [0.2, 0.25) is 0 Å². The first-order valence-corrected chi connectivity index (χ1v) is 20.8. The Hall–Kier alpha value is -6.21. The van der Waals surface area contributed by atoms with Gasteiger partial charge in [0.15, 0.2) is 0 Å². The minimum absolute atomic E-state index is 0.112. The summed E-state index contributed by atoms with van der Waals surface area (Å²) in [5.41, 5.74) is 13.6. The van der Waals surface area contributed by atoms with Crippen LogP contribution in [0.15, 0.2) is 161 Å². The summed E-state index contributed by atoms with van der Waals surface area (Å²) >= 11 is 3.79. The maximum Gasteiger partial charge on any atom is 0.253 e. The van der Waals surface area contributed by atoms with Crippen molar-refractivity contribution in [2.24, 2.45) is 0 Å². The first kappa shape index (κ1) is 31.0. The van der Waals surface area contributed by atoms with Crippen molar-refractivity contribution in [3.05, 3.63) is 163 Å². The maximum atomic E-state index is 6.99. The highest BCUT2D eigenvalue weighted by Crippen LogP contribution is 2.51. The molecule has 8 aromatic carbocycles. The molecule has 3 nitrogen and oxygen atoms in total. The van der Waals surface area contributed by atoms with E-state index >= 15 is 0 Å². The number of fused-ring (bicyclic) bond motifs is 16. The Balaban J connectivity index is 1.22. The van der Waals surface area contributed by atoms with Crippen LogP contribution in [0.4, 0.5) is 0 Å². The van der Waals surface area contributed by atoms with E-state index < -0.39 is 0 Å². The molecule has 0 saturated carbocycles. The molecule has 3 aromatic heterocycles. The Bertz CT molecular complexity index is 3440. The smallest absolute Gasteiger partial charge is 0.253 e. The molecule has 262 valence electrons. The summed E-state index contributed by atoms with van der Waals surface area (Å²) in [5, 5.41) is 7.70. The molecule has 11 aromatic rings. The van der Waals surface area contributed by atoms with E-state index in [1.54, 1.807) is 0 Å². The van der Waals surface area contributed by atoms with Crippen LogP contribution in [0.5, 0.6) is 11.5 Å². The van der Waals surface area contributed by atoms with Crippen LogP contribution in [-0.4, -0.2) is 15.8 Å². The molecule has 6 heteroatoms. The number of hydrogen-bond acceptors (Lipinski definition) is 3. The molecule has 5 heterocycles. The third kappa shape index (κ3) is 4.05. The number of aromatic nitrogens is 2. The zero-order valence-electron chi connectivity index (χ0n) is 30.6. The minimum atomic E-state index is 0.112. The molecule has 0 radical (unpaired) electrons. The quantitative estimate of drug-likeness (QED) is 0.164. The number of ether oxygens (including phenoxy) is 1. The topological polar surface area (TPSA) is 19.1 Å². The monoisotopic (exact) mass is 750 g/mol. The van der Waals surface area contributed by atoms with Crippen LogP contribution in [0.1, 0.15) is 11.1 Å². The number of thiophene rings is 1. The average molecular weight is 751 g/mol. The zero-order valence-corrected chi connectivity index (χ0v) is 32.3. The van der Waals surface area contributed by atoms with Gasteiger partial charge in [-0.3, -0.25) is 0 Å². The van der Waals surface area contributed by atoms with E-state index in [-0.39, 0.29) is 6.71 Å². The Kier molecular flexibility index (Phi) is 6.21. The molecule has 0 fully saturated rings. The van der Waals surface area contributed by atoms with Crippen LogP contribution >= 0.6 is 23.1 Å². The second-order valence-electron chi connectivity index (χ2n) is 15.4. The Morgan fingerprint density at radius 2 is 1.12 bits per heavy atom. The number of nitrogens with zero attached hydrogens (tertiary/aromatic N) is 2. The number of hydrogen-bond donors (Lipinski definition) is 0. The van der Waals surface area contributed by atoms with Crippen LogP contribution in [-0.2, 0) is 0 Å². The zero-order chi connectivity index (χ0) is 36.8. The van der Waals surface area contributed by atoms with Gasteiger partial charge in [0.1, 0.15) is 11.5 Å². The van der Waals surface area contributed by atoms with Gasteiger partial charge in [-0.1, -0.05) is 125 Å². The van der Waals surface area contributed by atoms with Gasteiger partial charge in [0.25, 0.3) is 6.71 Å². The van der Waals surface area contributed by atoms with Crippen LogP contribution < -0.4 is 21.1 Å². The van der Waals surface area contributed by atoms with Gasteiger partial charge in [-0.2, -0.15) is 0 Å². The van der Waals surface area contributed by atoms with Gasteiger partial charge >= 0.3 is 0 Å². The summed E-state index contributed by atoms with van der Waals surface area (Å²) in [5.74, 6) is 1.88.